The minimum absolute atomic E-state index is 0.0846. The van der Waals surface area contributed by atoms with Crippen LogP contribution in [-0.2, 0) is 27.1 Å². The fourth-order valence-electron chi connectivity index (χ4n) is 7.97. The molecule has 3 aromatic carbocycles. The molecular formula is C40H40BrCl2N5O4. The summed E-state index contributed by atoms with van der Waals surface area (Å²) in [5, 5.41) is 17.6. The van der Waals surface area contributed by atoms with Crippen LogP contribution >= 0.6 is 39.1 Å². The van der Waals surface area contributed by atoms with Crippen molar-refractivity contribution in [2.45, 2.75) is 60.0 Å². The Labute approximate surface area is 320 Å². The van der Waals surface area contributed by atoms with Gasteiger partial charge in [-0.1, -0.05) is 29.3 Å². The van der Waals surface area contributed by atoms with Crippen molar-refractivity contribution in [2.75, 3.05) is 13.2 Å². The van der Waals surface area contributed by atoms with Crippen LogP contribution in [0.25, 0.3) is 32.9 Å². The molecule has 0 saturated heterocycles. The number of halogens is 3. The molecule has 1 atom stereocenters. The van der Waals surface area contributed by atoms with Crippen molar-refractivity contribution < 1.29 is 19.4 Å². The molecule has 270 valence electrons. The third-order valence-corrected chi connectivity index (χ3v) is 11.9. The minimum Gasteiger partial charge on any atom is -0.494 e. The van der Waals surface area contributed by atoms with Gasteiger partial charge in [-0.25, -0.2) is 4.79 Å². The van der Waals surface area contributed by atoms with Crippen LogP contribution in [0.4, 0.5) is 0 Å². The lowest BCUT2D eigenvalue weighted by molar-refractivity contribution is 0.0661. The second-order valence-corrected chi connectivity index (χ2v) is 15.6. The zero-order valence-electron chi connectivity index (χ0n) is 30.2. The summed E-state index contributed by atoms with van der Waals surface area (Å²) in [5.41, 5.74) is 10.0. The van der Waals surface area contributed by atoms with Gasteiger partial charge in [-0.2, -0.15) is 5.10 Å². The fourth-order valence-corrected chi connectivity index (χ4v) is 9.11. The smallest absolute Gasteiger partial charge is 0.337 e. The van der Waals surface area contributed by atoms with Gasteiger partial charge < -0.3 is 23.9 Å². The highest BCUT2D eigenvalue weighted by Crippen LogP contribution is 2.45. The Morgan fingerprint density at radius 2 is 1.73 bits per heavy atom. The highest BCUT2D eigenvalue weighted by molar-refractivity contribution is 9.10. The Morgan fingerprint density at radius 1 is 1.02 bits per heavy atom. The highest BCUT2D eigenvalue weighted by Gasteiger charge is 2.36. The summed E-state index contributed by atoms with van der Waals surface area (Å²) >= 11 is 17.1. The van der Waals surface area contributed by atoms with E-state index in [1.807, 2.05) is 87.8 Å². The Bertz CT molecular complexity index is 2440. The average molecular weight is 806 g/mol. The first-order chi connectivity index (χ1) is 24.7. The summed E-state index contributed by atoms with van der Waals surface area (Å²) in [5.74, 6) is -0.313. The summed E-state index contributed by atoms with van der Waals surface area (Å²) in [6.07, 6.45) is 2.90. The van der Waals surface area contributed by atoms with Gasteiger partial charge in [0.25, 0.3) is 5.91 Å². The molecule has 1 N–H and O–H groups in total. The van der Waals surface area contributed by atoms with Crippen molar-refractivity contribution >= 4 is 72.8 Å². The largest absolute Gasteiger partial charge is 0.494 e. The monoisotopic (exact) mass is 803 g/mol. The maximum Gasteiger partial charge on any atom is 0.337 e. The molecule has 0 fully saturated rings. The summed E-state index contributed by atoms with van der Waals surface area (Å²) in [7, 11) is 3.75. The number of aromatic nitrogens is 4. The molecule has 1 amide bonds. The zero-order valence-corrected chi connectivity index (χ0v) is 33.3. The summed E-state index contributed by atoms with van der Waals surface area (Å²) in [6, 6.07) is 11.6. The van der Waals surface area contributed by atoms with Crippen molar-refractivity contribution in [2.24, 2.45) is 14.1 Å². The third kappa shape index (κ3) is 5.98. The molecule has 4 heterocycles. The maximum absolute atomic E-state index is 14.8. The Kier molecular flexibility index (Phi) is 9.46. The Balaban J connectivity index is 1.32. The van der Waals surface area contributed by atoms with Crippen molar-refractivity contribution in [3.63, 3.8) is 0 Å². The fraction of sp³-hybridized carbons (Fsp3) is 0.325. The van der Waals surface area contributed by atoms with Crippen LogP contribution in [0.2, 0.25) is 10.0 Å². The number of ether oxygens (including phenoxy) is 1. The number of hydrogen-bond donors (Lipinski definition) is 1. The van der Waals surface area contributed by atoms with E-state index < -0.39 is 5.97 Å². The second-order valence-electron chi connectivity index (χ2n) is 14.0. The highest BCUT2D eigenvalue weighted by atomic mass is 79.9. The molecule has 3 aromatic heterocycles. The lowest BCUT2D eigenvalue weighted by atomic mass is 9.98. The van der Waals surface area contributed by atoms with Gasteiger partial charge in [0.2, 0.25) is 0 Å². The first-order valence-electron chi connectivity index (χ1n) is 17.2. The van der Waals surface area contributed by atoms with Crippen LogP contribution in [0, 0.1) is 27.7 Å². The van der Waals surface area contributed by atoms with Crippen LogP contribution in [0.1, 0.15) is 73.9 Å². The lowest BCUT2D eigenvalue weighted by Gasteiger charge is -2.34. The quantitative estimate of drug-likeness (QED) is 0.147. The number of carbonyl (C=O) groups is 2. The van der Waals surface area contributed by atoms with E-state index in [0.29, 0.717) is 48.6 Å². The number of hydrogen-bond acceptors (Lipinski definition) is 4. The average Bonchev–Trinajstić information content (AvgIpc) is 3.69. The molecule has 0 bridgehead atoms. The van der Waals surface area contributed by atoms with Crippen molar-refractivity contribution in [1.82, 2.24) is 23.8 Å². The van der Waals surface area contributed by atoms with Crippen molar-refractivity contribution in [3.05, 3.63) is 102 Å². The number of aryl methyl sites for hydroxylation is 6. The van der Waals surface area contributed by atoms with E-state index in [2.05, 4.69) is 27.4 Å². The zero-order chi connectivity index (χ0) is 37.3. The van der Waals surface area contributed by atoms with Crippen LogP contribution < -0.4 is 4.74 Å². The number of benzene rings is 3. The van der Waals surface area contributed by atoms with Gasteiger partial charge in [-0.3, -0.25) is 9.48 Å². The van der Waals surface area contributed by atoms with Gasteiger partial charge in [-0.05, 0) is 116 Å². The second kappa shape index (κ2) is 13.6. The Hall–Kier alpha value is -4.25. The first kappa shape index (κ1) is 36.1. The predicted octanol–water partition coefficient (Wildman–Crippen LogP) is 9.76. The number of carboxylic acid groups (broad SMARTS) is 1. The molecule has 9 nitrogen and oxygen atoms in total. The minimum atomic E-state index is -0.995. The number of carboxylic acids is 1. The maximum atomic E-state index is 14.8. The number of aromatic carboxylic acids is 1. The van der Waals surface area contributed by atoms with E-state index in [-0.39, 0.29) is 17.5 Å². The third-order valence-electron chi connectivity index (χ3n) is 10.3. The molecule has 7 rings (SSSR count). The van der Waals surface area contributed by atoms with E-state index in [1.165, 1.54) is 0 Å². The van der Waals surface area contributed by atoms with E-state index in [4.69, 9.17) is 33.0 Å². The molecule has 1 aliphatic rings. The van der Waals surface area contributed by atoms with Gasteiger partial charge in [0.05, 0.1) is 33.9 Å². The molecular weight excluding hydrogens is 765 g/mol. The van der Waals surface area contributed by atoms with E-state index in [1.54, 1.807) is 10.8 Å². The molecule has 1 unspecified atom stereocenters. The molecule has 0 aliphatic carbocycles. The molecule has 52 heavy (non-hydrogen) atoms. The number of carbonyl (C=O) groups excluding carboxylic acids is 1. The first-order valence-corrected chi connectivity index (χ1v) is 18.8. The van der Waals surface area contributed by atoms with Crippen molar-refractivity contribution in [1.29, 1.82) is 0 Å². The van der Waals surface area contributed by atoms with Gasteiger partial charge in [0, 0.05) is 76.5 Å². The SMILES string of the molecule is Cc1cc(OCCCc2c3n(c4c(-c5c(C)nn(C)c5C)c(Cl)ccc24)C(C)CN(Cc2cc(Br)c4c(c2)c(C(=O)O)cn4C)C3=O)cc(C)c1Cl. The van der Waals surface area contributed by atoms with E-state index >= 15 is 0 Å². The van der Waals surface area contributed by atoms with Crippen molar-refractivity contribution in [3.8, 4) is 16.9 Å². The number of amides is 1. The van der Waals surface area contributed by atoms with Gasteiger partial charge in [0.15, 0.2) is 0 Å². The van der Waals surface area contributed by atoms with Crippen LogP contribution in [0.15, 0.2) is 47.1 Å². The van der Waals surface area contributed by atoms with Crippen LogP contribution in [0.5, 0.6) is 5.75 Å². The molecule has 6 aromatic rings. The van der Waals surface area contributed by atoms with Crippen LogP contribution in [0.3, 0.4) is 0 Å². The normalized spacial score (nSPS) is 14.5. The van der Waals surface area contributed by atoms with Gasteiger partial charge >= 0.3 is 5.97 Å². The van der Waals surface area contributed by atoms with E-state index in [9.17, 15) is 14.7 Å². The molecule has 1 aliphatic heterocycles. The van der Waals surface area contributed by atoms with Crippen LogP contribution in [-0.4, -0.2) is 53.9 Å². The number of fused-ring (bicyclic) bond motifs is 4. The molecule has 0 saturated carbocycles. The Morgan fingerprint density at radius 3 is 2.38 bits per heavy atom. The molecule has 0 spiro atoms. The summed E-state index contributed by atoms with van der Waals surface area (Å²) in [6.45, 7) is 11.3. The predicted molar refractivity (Wildman–Crippen MR) is 210 cm³/mol. The standard InChI is InChI=1S/C40H40BrCl2N5O4/c1-20-13-26(14-21(2)35(20)43)52-12-8-9-27-28-10-11-32(42)34(33-23(4)44-46(7)24(33)5)37(28)48-22(3)17-47(39(49)38(27)48)18-25-15-29-30(40(50)51)19-45(6)36(29)31(41)16-25/h10-11,13-16,19,22H,8-9,12,17-18H2,1-7H3,(H,50,51). The lowest BCUT2D eigenvalue weighted by Crippen LogP contribution is -2.42. The topological polar surface area (TPSA) is 94.5 Å². The van der Waals surface area contributed by atoms with Gasteiger partial charge in [0.1, 0.15) is 11.4 Å². The summed E-state index contributed by atoms with van der Waals surface area (Å²) < 4.78 is 12.8. The molecule has 0 radical (unpaired) electrons. The van der Waals surface area contributed by atoms with Gasteiger partial charge in [-0.15, -0.1) is 0 Å². The van der Waals surface area contributed by atoms with E-state index in [0.717, 1.165) is 76.4 Å². The molecule has 12 heteroatoms. The summed E-state index contributed by atoms with van der Waals surface area (Å²) in [4.78, 5) is 28.8. The number of nitrogens with zero attached hydrogens (tertiary/aromatic N) is 5. The number of rotatable bonds is 9.